The Bertz CT molecular complexity index is 617. The Labute approximate surface area is 119 Å². The number of hydrogen-bond acceptors (Lipinski definition) is 4. The van der Waals surface area contributed by atoms with Gasteiger partial charge in [-0.1, -0.05) is 12.1 Å². The monoisotopic (exact) mass is 321 g/mol. The van der Waals surface area contributed by atoms with E-state index in [1.54, 1.807) is 12.1 Å². The van der Waals surface area contributed by atoms with Gasteiger partial charge in [0.05, 0.1) is 10.6 Å². The predicted octanol–water partition coefficient (Wildman–Crippen LogP) is 3.67. The number of aryl methyl sites for hydroxylation is 1. The number of hydrogen-bond donors (Lipinski definition) is 1. The number of non-ortho nitro benzene ring substituents is 1. The van der Waals surface area contributed by atoms with Crippen molar-refractivity contribution in [3.63, 3.8) is 0 Å². The number of benzene rings is 1. The molecule has 19 heavy (non-hydrogen) atoms. The minimum Gasteiger partial charge on any atom is -0.366 e. The Hall–Kier alpha value is -1.95. The number of aromatic nitrogens is 1. The topological polar surface area (TPSA) is 68.1 Å². The van der Waals surface area contributed by atoms with Gasteiger partial charge >= 0.3 is 0 Å². The van der Waals surface area contributed by atoms with E-state index in [1.165, 1.54) is 6.07 Å². The smallest absolute Gasteiger partial charge is 0.269 e. The highest BCUT2D eigenvalue weighted by atomic mass is 79.9. The van der Waals surface area contributed by atoms with E-state index >= 15 is 0 Å². The van der Waals surface area contributed by atoms with Crippen molar-refractivity contribution in [2.45, 2.75) is 13.5 Å². The molecule has 2 aromatic rings. The summed E-state index contributed by atoms with van der Waals surface area (Å²) < 4.78 is 0.952. The lowest BCUT2D eigenvalue weighted by Gasteiger charge is -2.07. The standard InChI is InChI=1S/C13H12BrN3O2/c1-9-12(14)5-6-13(16-9)15-8-10-3-2-4-11(7-10)17(18)19/h2-7H,8H2,1H3,(H,15,16). The molecule has 1 heterocycles. The Morgan fingerprint density at radius 1 is 1.37 bits per heavy atom. The van der Waals surface area contributed by atoms with Gasteiger partial charge in [-0.2, -0.15) is 0 Å². The maximum Gasteiger partial charge on any atom is 0.269 e. The van der Waals surface area contributed by atoms with E-state index in [-0.39, 0.29) is 5.69 Å². The first-order chi connectivity index (χ1) is 9.06. The van der Waals surface area contributed by atoms with E-state index < -0.39 is 4.92 Å². The first-order valence-corrected chi connectivity index (χ1v) is 6.46. The second kappa shape index (κ2) is 5.79. The van der Waals surface area contributed by atoms with Gasteiger partial charge in [0, 0.05) is 23.2 Å². The van der Waals surface area contributed by atoms with Gasteiger partial charge in [0.2, 0.25) is 0 Å². The van der Waals surface area contributed by atoms with Crippen LogP contribution in [-0.2, 0) is 6.54 Å². The van der Waals surface area contributed by atoms with Crippen LogP contribution in [0.5, 0.6) is 0 Å². The lowest BCUT2D eigenvalue weighted by atomic mass is 10.2. The Kier molecular flexibility index (Phi) is 4.11. The van der Waals surface area contributed by atoms with Crippen molar-refractivity contribution in [1.29, 1.82) is 0 Å². The molecule has 98 valence electrons. The third kappa shape index (κ3) is 3.51. The molecule has 1 aromatic carbocycles. The fourth-order valence-corrected chi connectivity index (χ4v) is 1.84. The van der Waals surface area contributed by atoms with Crippen molar-refractivity contribution in [2.75, 3.05) is 5.32 Å². The summed E-state index contributed by atoms with van der Waals surface area (Å²) in [5, 5.41) is 13.8. The highest BCUT2D eigenvalue weighted by molar-refractivity contribution is 9.10. The normalized spacial score (nSPS) is 10.2. The van der Waals surface area contributed by atoms with E-state index in [1.807, 2.05) is 25.1 Å². The third-order valence-corrected chi connectivity index (χ3v) is 3.45. The van der Waals surface area contributed by atoms with Crippen LogP contribution in [0.1, 0.15) is 11.3 Å². The predicted molar refractivity (Wildman–Crippen MR) is 77.1 cm³/mol. The second-order valence-corrected chi connectivity index (χ2v) is 4.90. The van der Waals surface area contributed by atoms with E-state index in [0.717, 1.165) is 21.5 Å². The fourth-order valence-electron chi connectivity index (χ4n) is 1.62. The molecule has 5 nitrogen and oxygen atoms in total. The molecule has 0 aliphatic heterocycles. The molecule has 0 bridgehead atoms. The maximum atomic E-state index is 10.7. The van der Waals surface area contributed by atoms with Crippen LogP contribution < -0.4 is 5.32 Å². The van der Waals surface area contributed by atoms with Crippen molar-refractivity contribution < 1.29 is 4.92 Å². The van der Waals surface area contributed by atoms with Gasteiger partial charge in [0.25, 0.3) is 5.69 Å². The summed E-state index contributed by atoms with van der Waals surface area (Å²) in [6, 6.07) is 10.3. The van der Waals surface area contributed by atoms with Crippen LogP contribution in [0.3, 0.4) is 0 Å². The number of rotatable bonds is 4. The zero-order chi connectivity index (χ0) is 13.8. The van der Waals surface area contributed by atoms with E-state index in [4.69, 9.17) is 0 Å². The van der Waals surface area contributed by atoms with Crippen LogP contribution in [0.15, 0.2) is 40.9 Å². The summed E-state index contributed by atoms with van der Waals surface area (Å²) in [5.41, 5.74) is 1.83. The van der Waals surface area contributed by atoms with Gasteiger partial charge in [0.1, 0.15) is 5.82 Å². The largest absolute Gasteiger partial charge is 0.366 e. The summed E-state index contributed by atoms with van der Waals surface area (Å²) in [4.78, 5) is 14.6. The van der Waals surface area contributed by atoms with Crippen LogP contribution in [0, 0.1) is 17.0 Å². The molecule has 0 fully saturated rings. The number of halogens is 1. The summed E-state index contributed by atoms with van der Waals surface area (Å²) in [5.74, 6) is 0.743. The molecule has 0 atom stereocenters. The third-order valence-electron chi connectivity index (χ3n) is 2.62. The second-order valence-electron chi connectivity index (χ2n) is 4.04. The maximum absolute atomic E-state index is 10.7. The van der Waals surface area contributed by atoms with Crippen LogP contribution >= 0.6 is 15.9 Å². The minimum atomic E-state index is -0.397. The van der Waals surface area contributed by atoms with Gasteiger partial charge in [-0.25, -0.2) is 4.98 Å². The average molecular weight is 322 g/mol. The molecule has 0 spiro atoms. The first-order valence-electron chi connectivity index (χ1n) is 5.66. The van der Waals surface area contributed by atoms with Crippen molar-refractivity contribution in [3.8, 4) is 0 Å². The lowest BCUT2D eigenvalue weighted by Crippen LogP contribution is -2.02. The SMILES string of the molecule is Cc1nc(NCc2cccc([N+](=O)[O-])c2)ccc1Br. The van der Waals surface area contributed by atoms with Crippen LogP contribution in [0.2, 0.25) is 0 Å². The van der Waals surface area contributed by atoms with Crippen molar-refractivity contribution in [1.82, 2.24) is 4.98 Å². The summed E-state index contributed by atoms with van der Waals surface area (Å²) in [6.45, 7) is 2.40. The molecule has 0 saturated carbocycles. The van der Waals surface area contributed by atoms with E-state index in [9.17, 15) is 10.1 Å². The highest BCUT2D eigenvalue weighted by Gasteiger charge is 2.05. The summed E-state index contributed by atoms with van der Waals surface area (Å²) in [7, 11) is 0. The molecule has 0 radical (unpaired) electrons. The van der Waals surface area contributed by atoms with Gasteiger partial charge in [-0.3, -0.25) is 10.1 Å². The van der Waals surface area contributed by atoms with E-state index in [2.05, 4.69) is 26.2 Å². The molecule has 6 heteroatoms. The number of nitrogens with zero attached hydrogens (tertiary/aromatic N) is 2. The molecular formula is C13H12BrN3O2. The fraction of sp³-hybridized carbons (Fsp3) is 0.154. The van der Waals surface area contributed by atoms with Gasteiger partial charge in [-0.05, 0) is 40.5 Å². The van der Waals surface area contributed by atoms with E-state index in [0.29, 0.717) is 6.54 Å². The molecular weight excluding hydrogens is 310 g/mol. The summed E-state index contributed by atoms with van der Waals surface area (Å²) >= 11 is 3.39. The molecule has 0 saturated heterocycles. The first kappa shape index (κ1) is 13.5. The Morgan fingerprint density at radius 3 is 2.84 bits per heavy atom. The van der Waals surface area contributed by atoms with Gasteiger partial charge < -0.3 is 5.32 Å². The quantitative estimate of drug-likeness (QED) is 0.689. The number of nitro benzene ring substituents is 1. The molecule has 0 unspecified atom stereocenters. The molecule has 0 aliphatic carbocycles. The number of nitro groups is 1. The molecule has 0 amide bonds. The zero-order valence-electron chi connectivity index (χ0n) is 10.3. The van der Waals surface area contributed by atoms with Crippen LogP contribution in [0.4, 0.5) is 11.5 Å². The average Bonchev–Trinajstić information content (AvgIpc) is 2.40. The Balaban J connectivity index is 2.07. The van der Waals surface area contributed by atoms with Gasteiger partial charge in [-0.15, -0.1) is 0 Å². The van der Waals surface area contributed by atoms with Crippen molar-refractivity contribution in [3.05, 3.63) is 62.2 Å². The summed E-state index contributed by atoms with van der Waals surface area (Å²) in [6.07, 6.45) is 0. The number of nitrogens with one attached hydrogen (secondary N) is 1. The van der Waals surface area contributed by atoms with Crippen molar-refractivity contribution in [2.24, 2.45) is 0 Å². The molecule has 0 aliphatic rings. The molecule has 2 rings (SSSR count). The lowest BCUT2D eigenvalue weighted by molar-refractivity contribution is -0.384. The minimum absolute atomic E-state index is 0.0965. The zero-order valence-corrected chi connectivity index (χ0v) is 11.8. The number of pyridine rings is 1. The number of anilines is 1. The molecule has 1 aromatic heterocycles. The van der Waals surface area contributed by atoms with Crippen molar-refractivity contribution >= 4 is 27.4 Å². The van der Waals surface area contributed by atoms with Crippen LogP contribution in [0.25, 0.3) is 0 Å². The van der Waals surface area contributed by atoms with Crippen LogP contribution in [-0.4, -0.2) is 9.91 Å². The molecule has 1 N–H and O–H groups in total. The van der Waals surface area contributed by atoms with Gasteiger partial charge in [0.15, 0.2) is 0 Å². The Morgan fingerprint density at radius 2 is 2.16 bits per heavy atom. The highest BCUT2D eigenvalue weighted by Crippen LogP contribution is 2.18.